The average molecular weight is 444 g/mol. The van der Waals surface area contributed by atoms with Gasteiger partial charge in [-0.3, -0.25) is 9.59 Å². The highest BCUT2D eigenvalue weighted by Crippen LogP contribution is 2.29. The number of rotatable bonds is 8. The van der Waals surface area contributed by atoms with E-state index in [2.05, 4.69) is 29.7 Å². The summed E-state index contributed by atoms with van der Waals surface area (Å²) in [7, 11) is 1.65. The molecule has 0 heterocycles. The van der Waals surface area contributed by atoms with Crippen LogP contribution >= 0.6 is 11.6 Å². The molecule has 1 atom stereocenters. The minimum Gasteiger partial charge on any atom is -0.496 e. The molecule has 31 heavy (non-hydrogen) atoms. The zero-order chi connectivity index (χ0) is 23.1. The van der Waals surface area contributed by atoms with Crippen LogP contribution in [0.1, 0.15) is 60.7 Å². The zero-order valence-electron chi connectivity index (χ0n) is 18.8. The molecule has 2 aromatic carbocycles. The van der Waals surface area contributed by atoms with Gasteiger partial charge in [-0.1, -0.05) is 45.4 Å². The summed E-state index contributed by atoms with van der Waals surface area (Å²) in [6.07, 6.45) is 1.61. The number of nitrogens with zero attached hydrogens (tertiary/aromatic N) is 1. The lowest BCUT2D eigenvalue weighted by molar-refractivity contribution is -0.123. The van der Waals surface area contributed by atoms with Crippen LogP contribution in [0.25, 0.3) is 0 Å². The van der Waals surface area contributed by atoms with Crippen LogP contribution in [-0.4, -0.2) is 31.2 Å². The summed E-state index contributed by atoms with van der Waals surface area (Å²) >= 11 is 5.95. The first-order valence-corrected chi connectivity index (χ1v) is 10.6. The minimum absolute atomic E-state index is 0.131. The number of ether oxygens (including phenoxy) is 1. The monoisotopic (exact) mass is 443 g/mol. The van der Waals surface area contributed by atoms with Crippen molar-refractivity contribution in [2.45, 2.75) is 46.6 Å². The summed E-state index contributed by atoms with van der Waals surface area (Å²) in [5, 5.41) is 7.33. The van der Waals surface area contributed by atoms with Crippen molar-refractivity contribution in [2.75, 3.05) is 7.11 Å². The van der Waals surface area contributed by atoms with E-state index < -0.39 is 11.9 Å². The van der Waals surface area contributed by atoms with Crippen LogP contribution in [0.2, 0.25) is 5.02 Å². The Bertz CT molecular complexity index is 971. The number of halogens is 1. The number of hydrogen-bond donors (Lipinski definition) is 2. The first-order valence-electron chi connectivity index (χ1n) is 10.2. The predicted molar refractivity (Wildman–Crippen MR) is 125 cm³/mol. The van der Waals surface area contributed by atoms with Gasteiger partial charge in [-0.2, -0.15) is 5.10 Å². The summed E-state index contributed by atoms with van der Waals surface area (Å²) in [6, 6.07) is 9.80. The Kier molecular flexibility index (Phi) is 8.63. The lowest BCUT2D eigenvalue weighted by Gasteiger charge is -2.20. The number of methoxy groups -OCH3 is 1. The van der Waals surface area contributed by atoms with E-state index in [1.54, 1.807) is 37.6 Å². The minimum atomic E-state index is -0.744. The lowest BCUT2D eigenvalue weighted by atomic mass is 9.97. The Morgan fingerprint density at radius 1 is 1.13 bits per heavy atom. The van der Waals surface area contributed by atoms with E-state index in [-0.39, 0.29) is 17.7 Å². The highest BCUT2D eigenvalue weighted by atomic mass is 35.5. The fourth-order valence-corrected chi connectivity index (χ4v) is 3.30. The number of amides is 2. The van der Waals surface area contributed by atoms with E-state index in [4.69, 9.17) is 16.3 Å². The molecule has 0 spiro atoms. The molecule has 1 unspecified atom stereocenters. The van der Waals surface area contributed by atoms with Crippen molar-refractivity contribution >= 4 is 29.6 Å². The van der Waals surface area contributed by atoms with Crippen molar-refractivity contribution in [1.82, 2.24) is 10.7 Å². The summed E-state index contributed by atoms with van der Waals surface area (Å²) in [5.41, 5.74) is 5.87. The SMILES string of the molecule is COc1cc(C)c(/C=N\NC(=O)C(NC(=O)c2cccc(Cl)c2)C(C)C)cc1C(C)C. The standard InChI is InChI=1S/C24H30ClN3O3/c1-14(2)20-12-18(16(5)10-21(20)31-6)13-26-28-24(30)22(15(3)4)27-23(29)17-8-7-9-19(25)11-17/h7-15,22H,1-6H3,(H,27,29)(H,28,30)/b26-13-. The van der Waals surface area contributed by atoms with Crippen molar-refractivity contribution in [3.05, 3.63) is 63.7 Å². The average Bonchev–Trinajstić information content (AvgIpc) is 2.71. The second-order valence-corrected chi connectivity index (χ2v) is 8.48. The second kappa shape index (κ2) is 11.0. The Balaban J connectivity index is 2.12. The fourth-order valence-electron chi connectivity index (χ4n) is 3.11. The third kappa shape index (κ3) is 6.56. The molecular formula is C24H30ClN3O3. The van der Waals surface area contributed by atoms with Crippen LogP contribution in [-0.2, 0) is 4.79 Å². The number of benzene rings is 2. The molecular weight excluding hydrogens is 414 g/mol. The Labute approximate surface area is 189 Å². The van der Waals surface area contributed by atoms with Gasteiger partial charge in [0.2, 0.25) is 0 Å². The molecule has 0 bridgehead atoms. The van der Waals surface area contributed by atoms with Gasteiger partial charge in [-0.25, -0.2) is 5.43 Å². The van der Waals surface area contributed by atoms with Crippen LogP contribution < -0.4 is 15.5 Å². The number of carbonyl (C=O) groups excluding carboxylic acids is 2. The van der Waals surface area contributed by atoms with E-state index in [1.807, 2.05) is 32.9 Å². The molecule has 0 saturated carbocycles. The molecule has 166 valence electrons. The molecule has 2 N–H and O–H groups in total. The number of carbonyl (C=O) groups is 2. The largest absolute Gasteiger partial charge is 0.496 e. The smallest absolute Gasteiger partial charge is 0.262 e. The van der Waals surface area contributed by atoms with Crippen LogP contribution in [0.4, 0.5) is 0 Å². The quantitative estimate of drug-likeness (QED) is 0.459. The third-order valence-corrected chi connectivity index (χ3v) is 5.18. The topological polar surface area (TPSA) is 79.8 Å². The van der Waals surface area contributed by atoms with Crippen LogP contribution in [0.5, 0.6) is 5.75 Å². The van der Waals surface area contributed by atoms with Crippen LogP contribution in [0, 0.1) is 12.8 Å². The molecule has 0 aliphatic carbocycles. The molecule has 2 amide bonds. The van der Waals surface area contributed by atoms with Gasteiger partial charge in [0.1, 0.15) is 11.8 Å². The van der Waals surface area contributed by atoms with Crippen LogP contribution in [0.3, 0.4) is 0 Å². The first-order chi connectivity index (χ1) is 14.6. The molecule has 0 saturated heterocycles. The third-order valence-electron chi connectivity index (χ3n) is 4.94. The molecule has 0 aromatic heterocycles. The van der Waals surface area contributed by atoms with E-state index >= 15 is 0 Å². The molecule has 6 nitrogen and oxygen atoms in total. The van der Waals surface area contributed by atoms with Gasteiger partial charge in [0.15, 0.2) is 0 Å². The van der Waals surface area contributed by atoms with Crippen molar-refractivity contribution in [1.29, 1.82) is 0 Å². The maximum atomic E-state index is 12.7. The Morgan fingerprint density at radius 2 is 1.84 bits per heavy atom. The summed E-state index contributed by atoms with van der Waals surface area (Å²) in [6.45, 7) is 9.85. The highest BCUT2D eigenvalue weighted by molar-refractivity contribution is 6.31. The molecule has 0 radical (unpaired) electrons. The van der Waals surface area contributed by atoms with Crippen LogP contribution in [0.15, 0.2) is 41.5 Å². The number of nitrogens with one attached hydrogen (secondary N) is 2. The number of hydrogen-bond acceptors (Lipinski definition) is 4. The Hall–Kier alpha value is -2.86. The van der Waals surface area contributed by atoms with Gasteiger partial charge in [0, 0.05) is 10.6 Å². The van der Waals surface area contributed by atoms with Gasteiger partial charge in [0.25, 0.3) is 11.8 Å². The van der Waals surface area contributed by atoms with E-state index in [1.165, 1.54) is 0 Å². The molecule has 0 fully saturated rings. The van der Waals surface area contributed by atoms with Crippen molar-refractivity contribution in [3.8, 4) is 5.75 Å². The second-order valence-electron chi connectivity index (χ2n) is 8.05. The van der Waals surface area contributed by atoms with Gasteiger partial charge in [-0.15, -0.1) is 0 Å². The van der Waals surface area contributed by atoms with Gasteiger partial charge >= 0.3 is 0 Å². The highest BCUT2D eigenvalue weighted by Gasteiger charge is 2.24. The molecule has 7 heteroatoms. The van der Waals surface area contributed by atoms with E-state index in [0.717, 1.165) is 22.4 Å². The first kappa shape index (κ1) is 24.4. The van der Waals surface area contributed by atoms with Crippen molar-refractivity contribution in [3.63, 3.8) is 0 Å². The maximum absolute atomic E-state index is 12.7. The summed E-state index contributed by atoms with van der Waals surface area (Å²) < 4.78 is 5.46. The van der Waals surface area contributed by atoms with Gasteiger partial charge in [0.05, 0.1) is 13.3 Å². The van der Waals surface area contributed by atoms with Crippen molar-refractivity contribution in [2.24, 2.45) is 11.0 Å². The predicted octanol–water partition coefficient (Wildman–Crippen LogP) is 4.69. The zero-order valence-corrected chi connectivity index (χ0v) is 19.6. The molecule has 2 aromatic rings. The fraction of sp³-hybridized carbons (Fsp3) is 0.375. The lowest BCUT2D eigenvalue weighted by Crippen LogP contribution is -2.48. The number of aryl methyl sites for hydroxylation is 1. The van der Waals surface area contributed by atoms with Crippen molar-refractivity contribution < 1.29 is 14.3 Å². The molecule has 2 rings (SSSR count). The molecule has 0 aliphatic rings. The van der Waals surface area contributed by atoms with E-state index in [0.29, 0.717) is 10.6 Å². The normalized spacial score (nSPS) is 12.3. The summed E-state index contributed by atoms with van der Waals surface area (Å²) in [4.78, 5) is 25.2. The molecule has 0 aliphatic heterocycles. The number of hydrazone groups is 1. The van der Waals surface area contributed by atoms with E-state index in [9.17, 15) is 9.59 Å². The van der Waals surface area contributed by atoms with Gasteiger partial charge < -0.3 is 10.1 Å². The Morgan fingerprint density at radius 3 is 2.42 bits per heavy atom. The maximum Gasteiger partial charge on any atom is 0.262 e. The summed E-state index contributed by atoms with van der Waals surface area (Å²) in [5.74, 6) is 0.222. The van der Waals surface area contributed by atoms with Gasteiger partial charge in [-0.05, 0) is 65.8 Å².